The minimum Gasteiger partial charge on any atom is -0.378 e. The van der Waals surface area contributed by atoms with Crippen LogP contribution in [0.4, 0.5) is 9.59 Å². The number of urea groups is 2. The summed E-state index contributed by atoms with van der Waals surface area (Å²) in [6, 6.07) is 12.2. The first-order valence-electron chi connectivity index (χ1n) is 20.9. The Kier molecular flexibility index (Phi) is 17.8. The lowest BCUT2D eigenvalue weighted by molar-refractivity contribution is 0.0346. The molecular formula is C43H49Cl3N10O6S4. The van der Waals surface area contributed by atoms with Gasteiger partial charge in [0.15, 0.2) is 0 Å². The zero-order valence-electron chi connectivity index (χ0n) is 35.0. The number of thiophene rings is 2. The van der Waals surface area contributed by atoms with Crippen molar-refractivity contribution >= 4 is 103 Å². The molecule has 6 aromatic heterocycles. The summed E-state index contributed by atoms with van der Waals surface area (Å²) >= 11 is 23.0. The van der Waals surface area contributed by atoms with Crippen molar-refractivity contribution in [1.29, 1.82) is 0 Å². The molecule has 0 spiro atoms. The van der Waals surface area contributed by atoms with Crippen LogP contribution in [0.15, 0.2) is 58.2 Å². The fraction of sp³-hybridized carbons (Fsp3) is 0.442. The highest BCUT2D eigenvalue weighted by molar-refractivity contribution is 7.16. The van der Waals surface area contributed by atoms with E-state index in [2.05, 4.69) is 37.4 Å². The third-order valence-electron chi connectivity index (χ3n) is 11.2. The molecule has 0 bridgehead atoms. The molecule has 4 fully saturated rings. The summed E-state index contributed by atoms with van der Waals surface area (Å²) in [5.74, 6) is 0.239. The van der Waals surface area contributed by atoms with Crippen molar-refractivity contribution in [1.82, 2.24) is 49.5 Å². The predicted molar refractivity (Wildman–Crippen MR) is 259 cm³/mol. The SMILES string of the molecule is C.O=C(Cl)c1cscn1.O=C(N1CCOCC1)N1CC(c2cc(CCc3ccc(Cl)s3)[nH]n2)C1.O=C(N1CCOCC1)N1CC(c2cc(CCc3ccc(Cl)s3)n(C(=O)c3cscn3)n2)C1. The third kappa shape index (κ3) is 12.8. The van der Waals surface area contributed by atoms with Crippen LogP contribution in [0.2, 0.25) is 8.67 Å². The van der Waals surface area contributed by atoms with E-state index in [-0.39, 0.29) is 31.3 Å². The summed E-state index contributed by atoms with van der Waals surface area (Å²) < 4.78 is 13.7. The average molecular weight is 1040 g/mol. The molecule has 4 aliphatic rings. The molecule has 0 radical (unpaired) electrons. The van der Waals surface area contributed by atoms with E-state index in [1.807, 2.05) is 43.9 Å². The highest BCUT2D eigenvalue weighted by Crippen LogP contribution is 2.31. The van der Waals surface area contributed by atoms with Crippen molar-refractivity contribution in [3.05, 3.63) is 111 Å². The summed E-state index contributed by atoms with van der Waals surface area (Å²) in [6.07, 6.45) is 3.33. The van der Waals surface area contributed by atoms with Crippen LogP contribution < -0.4 is 0 Å². The minimum atomic E-state index is -0.494. The van der Waals surface area contributed by atoms with Crippen LogP contribution in [0.1, 0.15) is 72.8 Å². The number of aromatic nitrogens is 6. The third-order valence-corrected chi connectivity index (χ3v) is 15.1. The Bertz CT molecular complexity index is 2500. The van der Waals surface area contributed by atoms with Gasteiger partial charge in [0.05, 0.1) is 57.5 Å². The number of aryl methyl sites for hydroxylation is 4. The molecule has 4 aliphatic heterocycles. The van der Waals surface area contributed by atoms with Gasteiger partial charge < -0.3 is 29.1 Å². The number of ether oxygens (including phenoxy) is 2. The molecule has 16 nitrogen and oxygen atoms in total. The van der Waals surface area contributed by atoms with Gasteiger partial charge in [-0.1, -0.05) is 30.6 Å². The van der Waals surface area contributed by atoms with Crippen molar-refractivity contribution in [3.8, 4) is 0 Å². The van der Waals surface area contributed by atoms with Crippen LogP contribution in [-0.2, 0) is 35.2 Å². The van der Waals surface area contributed by atoms with E-state index in [4.69, 9.17) is 44.3 Å². The maximum absolute atomic E-state index is 13.0. The molecule has 0 aromatic carbocycles. The number of carbonyl (C=O) groups excluding carboxylic acids is 4. The first-order valence-corrected chi connectivity index (χ1v) is 25.6. The molecule has 6 aromatic rings. The number of rotatable bonds is 10. The van der Waals surface area contributed by atoms with E-state index < -0.39 is 5.24 Å². The van der Waals surface area contributed by atoms with Gasteiger partial charge in [0.2, 0.25) is 0 Å². The number of likely N-dealkylation sites (tertiary alicyclic amines) is 2. The maximum atomic E-state index is 13.0. The average Bonchev–Trinajstić information content (AvgIpc) is 4.15. The van der Waals surface area contributed by atoms with Gasteiger partial charge >= 0.3 is 12.1 Å². The van der Waals surface area contributed by atoms with Gasteiger partial charge in [-0.2, -0.15) is 14.9 Å². The van der Waals surface area contributed by atoms with Crippen LogP contribution in [0, 0.1) is 0 Å². The number of hydrogen-bond donors (Lipinski definition) is 1. The minimum absolute atomic E-state index is 0. The molecule has 4 amide bonds. The summed E-state index contributed by atoms with van der Waals surface area (Å²) in [6.45, 7) is 7.83. The standard InChI is InChI=1S/C21H22ClN5O3S2.C17H21ClN4O2S.C4H2ClNOS.CH4/c22-19-4-3-16(32-19)2-1-15-9-17(24-27(15)20(28)18-12-31-13-23-18)14-10-26(11-14)21(29)25-5-7-30-8-6-25;18-16-4-3-14(25-16)2-1-13-9-15(20-19-13)12-10-22(11-12)17(23)21-5-7-24-8-6-21;5-4(7)3-1-8-2-6-3;/h3-4,9,12-14H,1-2,5-8,10-11H2;3-4,9,12H,1-2,5-8,10-11H2,(H,19,20);1-2H;1H4. The highest BCUT2D eigenvalue weighted by Gasteiger charge is 2.38. The van der Waals surface area contributed by atoms with E-state index in [1.165, 1.54) is 32.2 Å². The van der Waals surface area contributed by atoms with E-state index in [0.29, 0.717) is 89.4 Å². The molecule has 0 unspecified atom stereocenters. The van der Waals surface area contributed by atoms with E-state index in [1.54, 1.807) is 44.5 Å². The monoisotopic (exact) mass is 1030 g/mol. The van der Waals surface area contributed by atoms with E-state index >= 15 is 0 Å². The quantitative estimate of drug-likeness (QED) is 0.132. The number of nitrogens with one attached hydrogen (secondary N) is 1. The first-order chi connectivity index (χ1) is 31.6. The molecule has 10 heterocycles. The summed E-state index contributed by atoms with van der Waals surface area (Å²) in [5.41, 5.74) is 7.82. The molecule has 10 rings (SSSR count). The molecule has 0 aliphatic carbocycles. The number of hydrogen-bond acceptors (Lipinski definition) is 14. The van der Waals surface area contributed by atoms with Crippen LogP contribution in [-0.4, -0.2) is 152 Å². The first kappa shape index (κ1) is 49.6. The van der Waals surface area contributed by atoms with Crippen LogP contribution in [0.3, 0.4) is 0 Å². The number of thiazole rings is 2. The Balaban J connectivity index is 0.000000169. The Hall–Kier alpha value is -4.25. The van der Waals surface area contributed by atoms with Crippen LogP contribution >= 0.6 is 80.1 Å². The Morgan fingerprint density at radius 3 is 1.65 bits per heavy atom. The molecule has 0 saturated carbocycles. The second-order valence-electron chi connectivity index (χ2n) is 15.5. The lowest BCUT2D eigenvalue weighted by Crippen LogP contribution is -2.56. The summed E-state index contributed by atoms with van der Waals surface area (Å²) in [4.78, 5) is 66.0. The Morgan fingerprint density at radius 2 is 1.18 bits per heavy atom. The van der Waals surface area contributed by atoms with Crippen molar-refractivity contribution in [2.24, 2.45) is 0 Å². The predicted octanol–water partition coefficient (Wildman–Crippen LogP) is 8.30. The lowest BCUT2D eigenvalue weighted by atomic mass is 9.96. The number of halogens is 3. The molecule has 4 saturated heterocycles. The van der Waals surface area contributed by atoms with E-state index in [9.17, 15) is 19.2 Å². The lowest BCUT2D eigenvalue weighted by Gasteiger charge is -2.42. The van der Waals surface area contributed by atoms with Gasteiger partial charge in [0, 0.05) is 96.1 Å². The molecule has 352 valence electrons. The number of morpholine rings is 2. The summed E-state index contributed by atoms with van der Waals surface area (Å²) in [5, 5.41) is 15.1. The van der Waals surface area contributed by atoms with Crippen molar-refractivity contribution in [2.75, 3.05) is 78.8 Å². The summed E-state index contributed by atoms with van der Waals surface area (Å²) in [7, 11) is 0. The van der Waals surface area contributed by atoms with Gasteiger partial charge in [-0.25, -0.2) is 19.6 Å². The normalized spacial score (nSPS) is 16.3. The van der Waals surface area contributed by atoms with Crippen molar-refractivity contribution < 1.29 is 28.7 Å². The number of H-pyrrole nitrogens is 1. The van der Waals surface area contributed by atoms with E-state index in [0.717, 1.165) is 68.7 Å². The number of amides is 4. The van der Waals surface area contributed by atoms with Gasteiger partial charge in [-0.15, -0.1) is 45.3 Å². The maximum Gasteiger partial charge on any atom is 0.320 e. The smallest absolute Gasteiger partial charge is 0.320 e. The fourth-order valence-electron chi connectivity index (χ4n) is 7.48. The molecular weight excluding hydrogens is 987 g/mol. The van der Waals surface area contributed by atoms with Gasteiger partial charge in [0.25, 0.3) is 11.1 Å². The zero-order chi connectivity index (χ0) is 45.3. The number of aromatic amines is 1. The van der Waals surface area contributed by atoms with Gasteiger partial charge in [-0.05, 0) is 73.7 Å². The van der Waals surface area contributed by atoms with Crippen molar-refractivity contribution in [3.63, 3.8) is 0 Å². The number of carbonyl (C=O) groups is 4. The Labute approximate surface area is 413 Å². The number of nitrogens with zero attached hydrogens (tertiary/aromatic N) is 9. The van der Waals surface area contributed by atoms with Crippen LogP contribution in [0.5, 0.6) is 0 Å². The van der Waals surface area contributed by atoms with Gasteiger partial charge in [0.1, 0.15) is 11.4 Å². The second-order valence-corrected chi connectivity index (χ2v) is 20.9. The van der Waals surface area contributed by atoms with Gasteiger partial charge in [-0.3, -0.25) is 14.7 Å². The topological polar surface area (TPSA) is 172 Å². The largest absolute Gasteiger partial charge is 0.378 e. The van der Waals surface area contributed by atoms with Crippen LogP contribution in [0.25, 0.3) is 0 Å². The Morgan fingerprint density at radius 1 is 0.667 bits per heavy atom. The highest BCUT2D eigenvalue weighted by atomic mass is 35.5. The molecule has 23 heteroatoms. The zero-order valence-corrected chi connectivity index (χ0v) is 40.5. The molecule has 66 heavy (non-hydrogen) atoms. The fourth-order valence-corrected chi connectivity index (χ4v) is 10.9. The second kappa shape index (κ2) is 23.7. The molecule has 1 N–H and O–H groups in total. The van der Waals surface area contributed by atoms with Crippen molar-refractivity contribution in [2.45, 2.75) is 44.9 Å². The molecule has 0 atom stereocenters.